The van der Waals surface area contributed by atoms with E-state index in [0.29, 0.717) is 0 Å². The first-order valence-electron chi connectivity index (χ1n) is 18.6. The van der Waals surface area contributed by atoms with Crippen LogP contribution < -0.4 is 16.0 Å². The zero-order chi connectivity index (χ0) is 36.3. The molecule has 2 heterocycles. The number of aryl methyl sites for hydroxylation is 3. The maximum Gasteiger partial charge on any atom is 0.245 e. The fourth-order valence-electron chi connectivity index (χ4n) is 6.83. The van der Waals surface area contributed by atoms with Crippen molar-refractivity contribution < 1.29 is 4.79 Å². The molecule has 0 aliphatic carbocycles. The third-order valence-electron chi connectivity index (χ3n) is 9.62. The summed E-state index contributed by atoms with van der Waals surface area (Å²) in [6.45, 7) is 28.6. The van der Waals surface area contributed by atoms with Crippen LogP contribution >= 0.6 is 0 Å². The molecule has 3 aromatic rings. The molecule has 1 aromatic heterocycles. The SMILES string of the molecule is C=C(CC(C)(C)C)NC(C)(C)C(=O)NC(CCCc1ccccc1)C(=C)Nc1cnn(CCC(C(=C)N2CCCC2)c2ccc(CC)cc2)c1. The van der Waals surface area contributed by atoms with E-state index in [2.05, 4.69) is 117 Å². The van der Waals surface area contributed by atoms with E-state index in [-0.39, 0.29) is 23.3 Å². The predicted octanol–water partition coefficient (Wildman–Crippen LogP) is 8.98. The van der Waals surface area contributed by atoms with Gasteiger partial charge < -0.3 is 20.9 Å². The van der Waals surface area contributed by atoms with E-state index in [0.717, 1.165) is 75.2 Å². The molecule has 0 saturated carbocycles. The largest absolute Gasteiger partial charge is 0.375 e. The number of aromatic nitrogens is 2. The van der Waals surface area contributed by atoms with Crippen molar-refractivity contribution in [2.75, 3.05) is 18.4 Å². The fourth-order valence-corrected chi connectivity index (χ4v) is 6.83. The number of amides is 1. The standard InChI is InChI=1S/C43H62N6O/c1-10-35-21-23-37(24-22-35)39(34(4)48-26-14-15-27-48)25-28-49-31-38(30-44-49)45-33(3)40(20-16-19-36-17-12-11-13-18-36)46-41(50)43(8,9)47-32(2)29-42(5,6)7/h11-13,17-18,21-24,30-31,39-40,45,47H,2-4,10,14-16,19-20,25-29H2,1,5-9H3,(H,46,50). The summed E-state index contributed by atoms with van der Waals surface area (Å²) in [6.07, 6.45) is 11.6. The van der Waals surface area contributed by atoms with Crippen LogP contribution in [0.2, 0.25) is 0 Å². The third-order valence-corrected chi connectivity index (χ3v) is 9.62. The molecular formula is C43H62N6O. The van der Waals surface area contributed by atoms with Gasteiger partial charge in [-0.2, -0.15) is 5.10 Å². The minimum Gasteiger partial charge on any atom is -0.375 e. The molecular weight excluding hydrogens is 617 g/mol. The molecule has 2 unspecified atom stereocenters. The summed E-state index contributed by atoms with van der Waals surface area (Å²) in [7, 11) is 0. The van der Waals surface area contributed by atoms with Crippen molar-refractivity contribution in [1.29, 1.82) is 0 Å². The highest BCUT2D eigenvalue weighted by atomic mass is 16.2. The minimum absolute atomic E-state index is 0.0717. The molecule has 2 aromatic carbocycles. The molecule has 1 saturated heterocycles. The molecule has 1 aliphatic heterocycles. The number of allylic oxidation sites excluding steroid dienone is 2. The van der Waals surface area contributed by atoms with Crippen molar-refractivity contribution in [2.24, 2.45) is 5.41 Å². The maximum atomic E-state index is 13.7. The van der Waals surface area contributed by atoms with E-state index >= 15 is 0 Å². The summed E-state index contributed by atoms with van der Waals surface area (Å²) >= 11 is 0. The van der Waals surface area contributed by atoms with Gasteiger partial charge >= 0.3 is 0 Å². The van der Waals surface area contributed by atoms with Crippen molar-refractivity contribution in [2.45, 2.75) is 117 Å². The number of benzene rings is 2. The van der Waals surface area contributed by atoms with Crippen LogP contribution in [0.3, 0.4) is 0 Å². The number of carbonyl (C=O) groups is 1. The van der Waals surface area contributed by atoms with Gasteiger partial charge in [-0.3, -0.25) is 9.48 Å². The molecule has 0 radical (unpaired) electrons. The minimum atomic E-state index is -0.836. The van der Waals surface area contributed by atoms with Gasteiger partial charge in [0.15, 0.2) is 0 Å². The average molecular weight is 679 g/mol. The summed E-state index contributed by atoms with van der Waals surface area (Å²) in [6, 6.07) is 19.2. The second-order valence-corrected chi connectivity index (χ2v) is 15.8. The number of nitrogens with zero attached hydrogens (tertiary/aromatic N) is 3. The van der Waals surface area contributed by atoms with E-state index in [1.54, 1.807) is 0 Å². The third kappa shape index (κ3) is 11.7. The van der Waals surface area contributed by atoms with Gasteiger partial charge in [-0.1, -0.05) is 102 Å². The van der Waals surface area contributed by atoms with Crippen LogP contribution in [0.25, 0.3) is 0 Å². The highest BCUT2D eigenvalue weighted by Crippen LogP contribution is 2.32. The van der Waals surface area contributed by atoms with Crippen molar-refractivity contribution in [3.63, 3.8) is 0 Å². The topological polar surface area (TPSA) is 74.2 Å². The van der Waals surface area contributed by atoms with Crippen LogP contribution in [-0.2, 0) is 24.2 Å². The molecule has 0 spiro atoms. The van der Waals surface area contributed by atoms with Gasteiger partial charge in [0, 0.05) is 48.8 Å². The normalized spacial score (nSPS) is 14.6. The Bertz CT molecular complexity index is 1560. The molecule has 1 aliphatic rings. The van der Waals surface area contributed by atoms with Gasteiger partial charge in [-0.25, -0.2) is 0 Å². The Balaban J connectivity index is 1.42. The van der Waals surface area contributed by atoms with E-state index in [1.807, 2.05) is 37.0 Å². The van der Waals surface area contributed by atoms with E-state index in [1.165, 1.54) is 35.2 Å². The van der Waals surface area contributed by atoms with E-state index < -0.39 is 5.54 Å². The van der Waals surface area contributed by atoms with E-state index in [9.17, 15) is 4.79 Å². The van der Waals surface area contributed by atoms with Crippen LogP contribution in [0.4, 0.5) is 5.69 Å². The molecule has 1 amide bonds. The monoisotopic (exact) mass is 678 g/mol. The number of anilines is 1. The van der Waals surface area contributed by atoms with Crippen molar-refractivity contribution >= 4 is 11.6 Å². The second-order valence-electron chi connectivity index (χ2n) is 15.8. The average Bonchev–Trinajstić information content (AvgIpc) is 3.77. The molecule has 4 rings (SSSR count). The summed E-state index contributed by atoms with van der Waals surface area (Å²) in [5, 5.41) is 14.9. The smallest absolute Gasteiger partial charge is 0.245 e. The van der Waals surface area contributed by atoms with E-state index in [4.69, 9.17) is 5.10 Å². The zero-order valence-corrected chi connectivity index (χ0v) is 31.7. The summed E-state index contributed by atoms with van der Waals surface area (Å²) in [4.78, 5) is 16.2. The van der Waals surface area contributed by atoms with Crippen LogP contribution in [-0.4, -0.2) is 45.3 Å². The van der Waals surface area contributed by atoms with Crippen molar-refractivity contribution in [1.82, 2.24) is 25.3 Å². The molecule has 270 valence electrons. The summed E-state index contributed by atoms with van der Waals surface area (Å²) < 4.78 is 2.00. The molecule has 1 fully saturated rings. The molecule has 0 bridgehead atoms. The fraction of sp³-hybridized carbons (Fsp3) is 0.488. The summed E-state index contributed by atoms with van der Waals surface area (Å²) in [5.41, 5.74) is 6.84. The van der Waals surface area contributed by atoms with Gasteiger partial charge in [0.25, 0.3) is 0 Å². The maximum absolute atomic E-state index is 13.7. The molecule has 7 nitrogen and oxygen atoms in total. The summed E-state index contributed by atoms with van der Waals surface area (Å²) in [5.74, 6) is 0.141. The quantitative estimate of drug-likeness (QED) is 0.118. The zero-order valence-electron chi connectivity index (χ0n) is 31.7. The Labute approximate surface area is 302 Å². The van der Waals surface area contributed by atoms with Crippen LogP contribution in [0, 0.1) is 5.41 Å². The van der Waals surface area contributed by atoms with Crippen LogP contribution in [0.5, 0.6) is 0 Å². The van der Waals surface area contributed by atoms with Gasteiger partial charge in [-0.05, 0) is 87.3 Å². The lowest BCUT2D eigenvalue weighted by atomic mass is 9.90. The lowest BCUT2D eigenvalue weighted by Gasteiger charge is -2.32. The number of hydrogen-bond donors (Lipinski definition) is 3. The Morgan fingerprint density at radius 3 is 2.24 bits per heavy atom. The first-order valence-corrected chi connectivity index (χ1v) is 18.6. The number of nitrogens with one attached hydrogen (secondary N) is 3. The predicted molar refractivity (Wildman–Crippen MR) is 210 cm³/mol. The lowest BCUT2D eigenvalue weighted by molar-refractivity contribution is -0.126. The van der Waals surface area contributed by atoms with Crippen molar-refractivity contribution in [3.8, 4) is 0 Å². The number of rotatable bonds is 19. The van der Waals surface area contributed by atoms with Crippen LogP contribution in [0.15, 0.2) is 104 Å². The molecule has 2 atom stereocenters. The highest BCUT2D eigenvalue weighted by Gasteiger charge is 2.31. The molecule has 7 heteroatoms. The first-order chi connectivity index (χ1) is 23.7. The Hall–Kier alpha value is -4.26. The first kappa shape index (κ1) is 38.5. The van der Waals surface area contributed by atoms with Gasteiger partial charge in [0.1, 0.15) is 5.54 Å². The highest BCUT2D eigenvalue weighted by molar-refractivity contribution is 5.86. The number of carbonyl (C=O) groups excluding carboxylic acids is 1. The van der Waals surface area contributed by atoms with Gasteiger partial charge in [0.2, 0.25) is 5.91 Å². The van der Waals surface area contributed by atoms with Gasteiger partial charge in [0.05, 0.1) is 17.9 Å². The Morgan fingerprint density at radius 1 is 0.920 bits per heavy atom. The molecule has 50 heavy (non-hydrogen) atoms. The lowest BCUT2D eigenvalue weighted by Crippen LogP contribution is -2.55. The number of likely N-dealkylation sites (tertiary alicyclic amines) is 1. The van der Waals surface area contributed by atoms with Gasteiger partial charge in [-0.15, -0.1) is 0 Å². The van der Waals surface area contributed by atoms with Crippen molar-refractivity contribution in [3.05, 3.63) is 121 Å². The Kier molecular flexibility index (Phi) is 13.6. The number of hydrogen-bond acceptors (Lipinski definition) is 5. The molecule has 3 N–H and O–H groups in total. The Morgan fingerprint density at radius 2 is 1.60 bits per heavy atom. The van der Waals surface area contributed by atoms with Crippen LogP contribution in [0.1, 0.15) is 103 Å². The second kappa shape index (κ2) is 17.6.